The second kappa shape index (κ2) is 6.24. The molecule has 0 radical (unpaired) electrons. The molecule has 1 aromatic carbocycles. The highest BCUT2D eigenvalue weighted by molar-refractivity contribution is 6.34. The summed E-state index contributed by atoms with van der Waals surface area (Å²) in [6.45, 7) is 2.14. The summed E-state index contributed by atoms with van der Waals surface area (Å²) >= 11 is 6.11. The third-order valence-corrected chi connectivity index (χ3v) is 3.48. The first-order valence-electron chi connectivity index (χ1n) is 6.46. The first kappa shape index (κ1) is 14.8. The van der Waals surface area contributed by atoms with Gasteiger partial charge in [0, 0.05) is 30.2 Å². The molecule has 1 aromatic rings. The fraction of sp³-hybridized carbons (Fsp3) is 0.429. The molecule has 0 fully saturated rings. The van der Waals surface area contributed by atoms with Crippen molar-refractivity contribution >= 4 is 23.2 Å². The van der Waals surface area contributed by atoms with Crippen LogP contribution in [0.3, 0.4) is 0 Å². The van der Waals surface area contributed by atoms with Crippen LogP contribution in [0.4, 0.5) is 0 Å². The van der Waals surface area contributed by atoms with Crippen molar-refractivity contribution in [3.05, 3.63) is 34.9 Å². The number of aliphatic hydroxyl groups excluding tert-OH is 1. The summed E-state index contributed by atoms with van der Waals surface area (Å²) < 4.78 is 0. The molecule has 20 heavy (non-hydrogen) atoms. The molecule has 0 bridgehead atoms. The smallest absolute Gasteiger partial charge is 0.267 e. The summed E-state index contributed by atoms with van der Waals surface area (Å²) in [6, 6.07) is 7.32. The van der Waals surface area contributed by atoms with Crippen LogP contribution in [0.2, 0.25) is 5.02 Å². The van der Waals surface area contributed by atoms with E-state index < -0.39 is 5.60 Å². The Hall–Kier alpha value is -1.59. The SMILES string of the molecule is C[C@@]1(C(=O)NCCCO)CC(c2ccccc2Cl)=NO1. The molecule has 1 atom stereocenters. The maximum Gasteiger partial charge on any atom is 0.267 e. The van der Waals surface area contributed by atoms with Crippen LogP contribution in [-0.2, 0) is 9.63 Å². The van der Waals surface area contributed by atoms with E-state index in [1.54, 1.807) is 13.0 Å². The van der Waals surface area contributed by atoms with Gasteiger partial charge in [0.1, 0.15) is 0 Å². The fourth-order valence-corrected chi connectivity index (χ4v) is 2.21. The average molecular weight is 297 g/mol. The van der Waals surface area contributed by atoms with E-state index in [0.717, 1.165) is 5.56 Å². The van der Waals surface area contributed by atoms with Crippen molar-refractivity contribution in [3.8, 4) is 0 Å². The van der Waals surface area contributed by atoms with Crippen LogP contribution in [0, 0.1) is 0 Å². The molecule has 0 aromatic heterocycles. The van der Waals surface area contributed by atoms with E-state index in [-0.39, 0.29) is 12.5 Å². The van der Waals surface area contributed by atoms with Gasteiger partial charge in [-0.3, -0.25) is 4.79 Å². The van der Waals surface area contributed by atoms with E-state index >= 15 is 0 Å². The van der Waals surface area contributed by atoms with Crippen LogP contribution in [-0.4, -0.2) is 35.5 Å². The second-order valence-electron chi connectivity index (χ2n) is 4.85. The van der Waals surface area contributed by atoms with Crippen LogP contribution in [0.15, 0.2) is 29.4 Å². The van der Waals surface area contributed by atoms with Gasteiger partial charge in [0.25, 0.3) is 5.91 Å². The number of carbonyl (C=O) groups is 1. The van der Waals surface area contributed by atoms with Gasteiger partial charge in [-0.05, 0) is 19.4 Å². The van der Waals surface area contributed by atoms with Crippen molar-refractivity contribution in [2.24, 2.45) is 5.16 Å². The number of aliphatic hydroxyl groups is 1. The molecular weight excluding hydrogens is 280 g/mol. The van der Waals surface area contributed by atoms with Crippen LogP contribution in [0.25, 0.3) is 0 Å². The van der Waals surface area contributed by atoms with Crippen LogP contribution < -0.4 is 5.32 Å². The number of halogens is 1. The zero-order chi connectivity index (χ0) is 14.6. The van der Waals surface area contributed by atoms with Gasteiger partial charge in [-0.1, -0.05) is 35.0 Å². The summed E-state index contributed by atoms with van der Waals surface area (Å²) in [7, 11) is 0. The molecule has 1 heterocycles. The third kappa shape index (κ3) is 3.11. The Kier molecular flexibility index (Phi) is 4.62. The van der Waals surface area contributed by atoms with Crippen LogP contribution >= 0.6 is 11.6 Å². The van der Waals surface area contributed by atoms with Gasteiger partial charge < -0.3 is 15.3 Å². The van der Waals surface area contributed by atoms with Crippen molar-refractivity contribution in [1.82, 2.24) is 5.32 Å². The Bertz CT molecular complexity index is 533. The lowest BCUT2D eigenvalue weighted by Gasteiger charge is -2.20. The first-order chi connectivity index (χ1) is 9.57. The summed E-state index contributed by atoms with van der Waals surface area (Å²) in [6.07, 6.45) is 0.877. The normalized spacial score (nSPS) is 21.2. The zero-order valence-electron chi connectivity index (χ0n) is 11.2. The predicted octanol–water partition coefficient (Wildman–Crippen LogP) is 1.72. The van der Waals surface area contributed by atoms with E-state index in [1.165, 1.54) is 0 Å². The van der Waals surface area contributed by atoms with E-state index in [9.17, 15) is 4.79 Å². The molecule has 0 unspecified atom stereocenters. The monoisotopic (exact) mass is 296 g/mol. The van der Waals surface area contributed by atoms with Gasteiger partial charge in [0.2, 0.25) is 5.60 Å². The number of hydrogen-bond acceptors (Lipinski definition) is 4. The minimum absolute atomic E-state index is 0.0409. The molecule has 108 valence electrons. The highest BCUT2D eigenvalue weighted by atomic mass is 35.5. The van der Waals surface area contributed by atoms with Crippen LogP contribution in [0.5, 0.6) is 0 Å². The Morgan fingerprint density at radius 2 is 2.30 bits per heavy atom. The quantitative estimate of drug-likeness (QED) is 0.813. The summed E-state index contributed by atoms with van der Waals surface area (Å²) in [5, 5.41) is 16.0. The summed E-state index contributed by atoms with van der Waals surface area (Å²) in [5.74, 6) is -0.239. The highest BCUT2D eigenvalue weighted by Gasteiger charge is 2.42. The maximum absolute atomic E-state index is 12.1. The number of amides is 1. The minimum atomic E-state index is -1.02. The first-order valence-corrected chi connectivity index (χ1v) is 6.84. The zero-order valence-corrected chi connectivity index (χ0v) is 12.0. The number of oxime groups is 1. The number of benzene rings is 1. The van der Waals surface area contributed by atoms with Gasteiger partial charge in [0.15, 0.2) is 0 Å². The summed E-state index contributed by atoms with van der Waals surface area (Å²) in [5.41, 5.74) is 0.417. The van der Waals surface area contributed by atoms with Gasteiger partial charge >= 0.3 is 0 Å². The van der Waals surface area contributed by atoms with Crippen molar-refractivity contribution in [3.63, 3.8) is 0 Å². The molecule has 1 aliphatic heterocycles. The lowest BCUT2D eigenvalue weighted by atomic mass is 9.95. The number of nitrogens with zero attached hydrogens (tertiary/aromatic N) is 1. The molecule has 6 heteroatoms. The number of nitrogens with one attached hydrogen (secondary N) is 1. The van der Waals surface area contributed by atoms with Gasteiger partial charge in [-0.2, -0.15) is 0 Å². The van der Waals surface area contributed by atoms with E-state index in [2.05, 4.69) is 10.5 Å². The lowest BCUT2D eigenvalue weighted by molar-refractivity contribution is -0.141. The largest absolute Gasteiger partial charge is 0.396 e. The van der Waals surface area contributed by atoms with Gasteiger partial charge in [0.05, 0.1) is 5.71 Å². The molecule has 1 amide bonds. The Morgan fingerprint density at radius 1 is 1.55 bits per heavy atom. The highest BCUT2D eigenvalue weighted by Crippen LogP contribution is 2.29. The Balaban J connectivity index is 2.03. The van der Waals surface area contributed by atoms with Crippen molar-refractivity contribution in [2.75, 3.05) is 13.2 Å². The Labute approximate surface area is 122 Å². The number of hydrogen-bond donors (Lipinski definition) is 2. The fourth-order valence-electron chi connectivity index (χ4n) is 1.97. The second-order valence-corrected chi connectivity index (χ2v) is 5.26. The summed E-state index contributed by atoms with van der Waals surface area (Å²) in [4.78, 5) is 17.4. The van der Waals surface area contributed by atoms with E-state index in [0.29, 0.717) is 30.1 Å². The van der Waals surface area contributed by atoms with E-state index in [4.69, 9.17) is 21.5 Å². The van der Waals surface area contributed by atoms with E-state index in [1.807, 2.05) is 18.2 Å². The van der Waals surface area contributed by atoms with Gasteiger partial charge in [-0.15, -0.1) is 0 Å². The topological polar surface area (TPSA) is 70.9 Å². The van der Waals surface area contributed by atoms with Crippen LogP contribution in [0.1, 0.15) is 25.3 Å². The van der Waals surface area contributed by atoms with Gasteiger partial charge in [-0.25, -0.2) is 0 Å². The minimum Gasteiger partial charge on any atom is -0.396 e. The lowest BCUT2D eigenvalue weighted by Crippen LogP contribution is -2.45. The number of rotatable bonds is 5. The molecule has 1 aliphatic rings. The predicted molar refractivity (Wildman–Crippen MR) is 76.8 cm³/mol. The Morgan fingerprint density at radius 3 is 3.00 bits per heavy atom. The van der Waals surface area contributed by atoms with Crippen molar-refractivity contribution in [1.29, 1.82) is 0 Å². The molecule has 0 saturated carbocycles. The van der Waals surface area contributed by atoms with Crippen molar-refractivity contribution in [2.45, 2.75) is 25.4 Å². The molecule has 2 rings (SSSR count). The molecular formula is C14H17ClN2O3. The molecule has 0 saturated heterocycles. The molecule has 2 N–H and O–H groups in total. The maximum atomic E-state index is 12.1. The molecule has 0 aliphatic carbocycles. The van der Waals surface area contributed by atoms with Crippen molar-refractivity contribution < 1.29 is 14.7 Å². The third-order valence-electron chi connectivity index (χ3n) is 3.15. The molecule has 0 spiro atoms. The number of carbonyl (C=O) groups excluding carboxylic acids is 1. The standard InChI is InChI=1S/C14H17ClN2O3/c1-14(13(19)16-7-4-8-18)9-12(17-20-14)10-5-2-3-6-11(10)15/h2-3,5-6,18H,4,7-9H2,1H3,(H,16,19)/t14-/m0/s1. The average Bonchev–Trinajstić information content (AvgIpc) is 2.83. The molecule has 5 nitrogen and oxygen atoms in total.